The molecular formula is C25H20F3IN4O. The number of rotatable bonds is 7. The summed E-state index contributed by atoms with van der Waals surface area (Å²) in [6.07, 6.45) is -0.906. The third-order valence-electron chi connectivity index (χ3n) is 5.12. The molecule has 0 saturated carbocycles. The van der Waals surface area contributed by atoms with Crippen molar-refractivity contribution in [2.75, 3.05) is 11.9 Å². The summed E-state index contributed by atoms with van der Waals surface area (Å²) in [7, 11) is 0. The Balaban J connectivity index is 1.40. The third-order valence-corrected chi connectivity index (χ3v) is 5.84. The highest BCUT2D eigenvalue weighted by atomic mass is 127. The molecule has 0 spiro atoms. The zero-order chi connectivity index (χ0) is 24.1. The maximum absolute atomic E-state index is 12.8. The lowest BCUT2D eigenvalue weighted by Gasteiger charge is -2.09. The van der Waals surface area contributed by atoms with Crippen LogP contribution < -0.4 is 10.7 Å². The van der Waals surface area contributed by atoms with Crippen LogP contribution in [0.25, 0.3) is 10.9 Å². The molecule has 4 rings (SSSR count). The number of benzene rings is 3. The Morgan fingerprint density at radius 2 is 1.79 bits per heavy atom. The van der Waals surface area contributed by atoms with Crippen LogP contribution in [0.4, 0.5) is 18.9 Å². The molecule has 3 aromatic carbocycles. The first-order valence-electron chi connectivity index (χ1n) is 10.3. The quantitative estimate of drug-likeness (QED) is 0.164. The number of hydrazone groups is 1. The second-order valence-electron chi connectivity index (χ2n) is 7.58. The summed E-state index contributed by atoms with van der Waals surface area (Å²) >= 11 is 2.27. The van der Waals surface area contributed by atoms with Gasteiger partial charge in [0.05, 0.1) is 18.3 Å². The Labute approximate surface area is 207 Å². The fraction of sp³-hybridized carbons (Fsp3) is 0.120. The molecule has 1 aromatic heterocycles. The van der Waals surface area contributed by atoms with Crippen molar-refractivity contribution in [1.29, 1.82) is 0 Å². The first-order valence-corrected chi connectivity index (χ1v) is 11.4. The predicted octanol–water partition coefficient (Wildman–Crippen LogP) is 5.88. The minimum absolute atomic E-state index is 0.202. The largest absolute Gasteiger partial charge is 0.416 e. The van der Waals surface area contributed by atoms with E-state index < -0.39 is 17.6 Å². The van der Waals surface area contributed by atoms with Gasteiger partial charge >= 0.3 is 6.18 Å². The number of nitrogens with one attached hydrogen (secondary N) is 2. The smallest absolute Gasteiger partial charge is 0.376 e. The van der Waals surface area contributed by atoms with E-state index in [1.807, 2.05) is 30.5 Å². The average molecular weight is 576 g/mol. The van der Waals surface area contributed by atoms with E-state index >= 15 is 0 Å². The molecule has 0 radical (unpaired) electrons. The molecule has 34 heavy (non-hydrogen) atoms. The van der Waals surface area contributed by atoms with Gasteiger partial charge in [-0.1, -0.05) is 36.4 Å². The topological polar surface area (TPSA) is 58.4 Å². The van der Waals surface area contributed by atoms with Crippen molar-refractivity contribution in [1.82, 2.24) is 9.99 Å². The monoisotopic (exact) mass is 576 g/mol. The number of amides is 1. The van der Waals surface area contributed by atoms with Crippen LogP contribution in [-0.4, -0.2) is 23.2 Å². The van der Waals surface area contributed by atoms with Gasteiger partial charge in [-0.2, -0.15) is 18.3 Å². The molecule has 5 nitrogen and oxygen atoms in total. The van der Waals surface area contributed by atoms with Crippen LogP contribution in [0, 0.1) is 3.57 Å². The summed E-state index contributed by atoms with van der Waals surface area (Å²) in [4.78, 5) is 12.1. The third kappa shape index (κ3) is 5.96. The van der Waals surface area contributed by atoms with Crippen molar-refractivity contribution in [2.24, 2.45) is 5.10 Å². The van der Waals surface area contributed by atoms with E-state index in [1.165, 1.54) is 21.3 Å². The Bertz CT molecular complexity index is 1330. The number of aromatic nitrogens is 1. The number of para-hydroxylation sites is 1. The zero-order valence-corrected chi connectivity index (χ0v) is 20.0. The van der Waals surface area contributed by atoms with Gasteiger partial charge in [0.2, 0.25) is 0 Å². The lowest BCUT2D eigenvalue weighted by atomic mass is 10.2. The molecule has 1 amide bonds. The highest BCUT2D eigenvalue weighted by Gasteiger charge is 2.30. The minimum Gasteiger partial charge on any atom is -0.376 e. The zero-order valence-electron chi connectivity index (χ0n) is 17.8. The van der Waals surface area contributed by atoms with Crippen LogP contribution in [0.2, 0.25) is 0 Å². The second kappa shape index (κ2) is 10.3. The van der Waals surface area contributed by atoms with Gasteiger partial charge in [-0.3, -0.25) is 4.79 Å². The van der Waals surface area contributed by atoms with E-state index in [4.69, 9.17) is 0 Å². The van der Waals surface area contributed by atoms with E-state index in [2.05, 4.69) is 67.3 Å². The number of hydrogen-bond acceptors (Lipinski definition) is 3. The van der Waals surface area contributed by atoms with Crippen molar-refractivity contribution >= 4 is 51.3 Å². The van der Waals surface area contributed by atoms with E-state index in [1.54, 1.807) is 6.21 Å². The SMILES string of the molecule is O=C(CNc1cccc(C(F)(F)F)c1)N/N=C\c1cn(Cc2ccc(I)cc2)c2ccccc12. The Hall–Kier alpha value is -3.34. The molecule has 1 heterocycles. The first-order chi connectivity index (χ1) is 16.3. The van der Waals surface area contributed by atoms with Crippen LogP contribution in [0.3, 0.4) is 0 Å². The van der Waals surface area contributed by atoms with Crippen molar-refractivity contribution in [3.8, 4) is 0 Å². The number of carbonyl (C=O) groups is 1. The van der Waals surface area contributed by atoms with Gasteiger partial charge < -0.3 is 9.88 Å². The summed E-state index contributed by atoms with van der Waals surface area (Å²) < 4.78 is 41.7. The molecule has 0 aliphatic heterocycles. The molecule has 174 valence electrons. The fourth-order valence-corrected chi connectivity index (χ4v) is 3.86. The van der Waals surface area contributed by atoms with E-state index in [0.717, 1.165) is 28.6 Å². The number of anilines is 1. The molecule has 0 aliphatic rings. The predicted molar refractivity (Wildman–Crippen MR) is 136 cm³/mol. The van der Waals surface area contributed by atoms with Gasteiger partial charge in [0, 0.05) is 38.5 Å². The number of halogens is 4. The molecule has 4 aromatic rings. The number of fused-ring (bicyclic) bond motifs is 1. The van der Waals surface area contributed by atoms with Crippen LogP contribution in [0.15, 0.2) is 84.1 Å². The number of alkyl halides is 3. The molecule has 0 unspecified atom stereocenters. The van der Waals surface area contributed by atoms with E-state index in [-0.39, 0.29) is 12.2 Å². The van der Waals surface area contributed by atoms with Gasteiger partial charge in [0.1, 0.15) is 0 Å². The van der Waals surface area contributed by atoms with Gasteiger partial charge in [-0.15, -0.1) is 0 Å². The summed E-state index contributed by atoms with van der Waals surface area (Å²) in [5, 5.41) is 7.71. The minimum atomic E-state index is -4.44. The van der Waals surface area contributed by atoms with Crippen molar-refractivity contribution in [3.63, 3.8) is 0 Å². The highest BCUT2D eigenvalue weighted by Crippen LogP contribution is 2.30. The van der Waals surface area contributed by atoms with Crippen molar-refractivity contribution in [3.05, 3.63) is 99.3 Å². The molecule has 0 aliphatic carbocycles. The summed E-state index contributed by atoms with van der Waals surface area (Å²) in [6, 6.07) is 20.9. The summed E-state index contributed by atoms with van der Waals surface area (Å²) in [5.41, 5.74) is 4.88. The molecule has 0 fully saturated rings. The lowest BCUT2D eigenvalue weighted by Crippen LogP contribution is -2.26. The lowest BCUT2D eigenvalue weighted by molar-refractivity contribution is -0.137. The van der Waals surface area contributed by atoms with Crippen molar-refractivity contribution in [2.45, 2.75) is 12.7 Å². The highest BCUT2D eigenvalue weighted by molar-refractivity contribution is 14.1. The Morgan fingerprint density at radius 3 is 2.56 bits per heavy atom. The van der Waals surface area contributed by atoms with Crippen LogP contribution in [0.5, 0.6) is 0 Å². The number of hydrogen-bond donors (Lipinski definition) is 2. The Kier molecular flexibility index (Phi) is 7.20. The fourth-order valence-electron chi connectivity index (χ4n) is 3.50. The standard InChI is InChI=1S/C25H20F3IN4O/c26-25(27,28)19-4-3-5-21(12-19)30-14-24(34)32-31-13-18-16-33(23-7-2-1-6-22(18)23)15-17-8-10-20(29)11-9-17/h1-13,16,30H,14-15H2,(H,32,34)/b31-13-. The molecule has 0 saturated heterocycles. The molecule has 0 atom stereocenters. The van der Waals surface area contributed by atoms with E-state index in [9.17, 15) is 18.0 Å². The van der Waals surface area contributed by atoms with Gasteiger partial charge in [-0.25, -0.2) is 5.43 Å². The maximum atomic E-state index is 12.8. The average Bonchev–Trinajstić information content (AvgIpc) is 3.16. The molecular weight excluding hydrogens is 556 g/mol. The number of carbonyl (C=O) groups excluding carboxylic acids is 1. The molecule has 0 bridgehead atoms. The van der Waals surface area contributed by atoms with Gasteiger partial charge in [0.15, 0.2) is 0 Å². The normalized spacial score (nSPS) is 11.8. The molecule has 2 N–H and O–H groups in total. The van der Waals surface area contributed by atoms with E-state index in [0.29, 0.717) is 6.54 Å². The van der Waals surface area contributed by atoms with Crippen LogP contribution in [0.1, 0.15) is 16.7 Å². The number of nitrogens with zero attached hydrogens (tertiary/aromatic N) is 2. The Morgan fingerprint density at radius 1 is 1.03 bits per heavy atom. The first kappa shape index (κ1) is 23.8. The van der Waals surface area contributed by atoms with Gasteiger partial charge in [0.25, 0.3) is 5.91 Å². The summed E-state index contributed by atoms with van der Waals surface area (Å²) in [5.74, 6) is -0.476. The van der Waals surface area contributed by atoms with Crippen molar-refractivity contribution < 1.29 is 18.0 Å². The van der Waals surface area contributed by atoms with Gasteiger partial charge in [-0.05, 0) is 64.6 Å². The summed E-state index contributed by atoms with van der Waals surface area (Å²) in [6.45, 7) is 0.478. The maximum Gasteiger partial charge on any atom is 0.416 e. The second-order valence-corrected chi connectivity index (χ2v) is 8.83. The van der Waals surface area contributed by atoms with Crippen LogP contribution >= 0.6 is 22.6 Å². The molecule has 9 heteroatoms. The van der Waals surface area contributed by atoms with Crippen LogP contribution in [-0.2, 0) is 17.5 Å².